The summed E-state index contributed by atoms with van der Waals surface area (Å²) in [6.07, 6.45) is 1.50. The van der Waals surface area contributed by atoms with Crippen molar-refractivity contribution < 1.29 is 9.59 Å². The van der Waals surface area contributed by atoms with Crippen LogP contribution in [0.5, 0.6) is 0 Å². The molecule has 0 spiro atoms. The highest BCUT2D eigenvalue weighted by atomic mass is 16.2. The molecule has 0 saturated carbocycles. The maximum Gasteiger partial charge on any atom is 0.254 e. The minimum absolute atomic E-state index is 0.00286. The van der Waals surface area contributed by atoms with Gasteiger partial charge in [0.2, 0.25) is 5.91 Å². The highest BCUT2D eigenvalue weighted by molar-refractivity contribution is 5.97. The van der Waals surface area contributed by atoms with Gasteiger partial charge < -0.3 is 9.80 Å². The second kappa shape index (κ2) is 8.92. The van der Waals surface area contributed by atoms with E-state index in [-0.39, 0.29) is 11.8 Å². The van der Waals surface area contributed by atoms with Gasteiger partial charge >= 0.3 is 0 Å². The van der Waals surface area contributed by atoms with E-state index in [2.05, 4.69) is 35.5 Å². The van der Waals surface area contributed by atoms with Crippen molar-refractivity contribution in [1.82, 2.24) is 19.4 Å². The van der Waals surface area contributed by atoms with Gasteiger partial charge in [-0.3, -0.25) is 14.2 Å². The zero-order chi connectivity index (χ0) is 22.0. The number of aromatic nitrogens is 2. The number of amides is 2. The fraction of sp³-hybridized carbons (Fsp3) is 0.400. The van der Waals surface area contributed by atoms with E-state index in [4.69, 9.17) is 0 Å². The summed E-state index contributed by atoms with van der Waals surface area (Å²) in [7, 11) is 0. The van der Waals surface area contributed by atoms with Crippen LogP contribution in [0.1, 0.15) is 42.9 Å². The SMILES string of the molecule is Cc1nc2cc(C(=O)N3CCN(C(=O)CCC(C)C)CC3)ccc2n1-c1ccccc1. The normalized spacial score (nSPS) is 14.5. The Morgan fingerprint density at radius 1 is 0.968 bits per heavy atom. The van der Waals surface area contributed by atoms with E-state index in [1.807, 2.05) is 53.1 Å². The van der Waals surface area contributed by atoms with E-state index in [9.17, 15) is 9.59 Å². The maximum atomic E-state index is 13.1. The number of hydrogen-bond acceptors (Lipinski definition) is 3. The van der Waals surface area contributed by atoms with Crippen molar-refractivity contribution in [2.24, 2.45) is 5.92 Å². The first-order valence-corrected chi connectivity index (χ1v) is 11.1. The van der Waals surface area contributed by atoms with Crippen LogP contribution in [0.15, 0.2) is 48.5 Å². The first-order chi connectivity index (χ1) is 14.9. The van der Waals surface area contributed by atoms with Crippen LogP contribution in [0, 0.1) is 12.8 Å². The van der Waals surface area contributed by atoms with Crippen LogP contribution in [0.3, 0.4) is 0 Å². The molecule has 6 nitrogen and oxygen atoms in total. The molecule has 0 atom stereocenters. The van der Waals surface area contributed by atoms with E-state index in [1.54, 1.807) is 0 Å². The Labute approximate surface area is 183 Å². The molecule has 0 N–H and O–H groups in total. The number of rotatable bonds is 5. The van der Waals surface area contributed by atoms with E-state index >= 15 is 0 Å². The quantitative estimate of drug-likeness (QED) is 0.628. The summed E-state index contributed by atoms with van der Waals surface area (Å²) < 4.78 is 2.10. The second-order valence-electron chi connectivity index (χ2n) is 8.64. The monoisotopic (exact) mass is 418 g/mol. The molecule has 1 aromatic heterocycles. The Bertz CT molecular complexity index is 1080. The lowest BCUT2D eigenvalue weighted by Gasteiger charge is -2.35. The largest absolute Gasteiger partial charge is 0.339 e. The zero-order valence-corrected chi connectivity index (χ0v) is 18.5. The first-order valence-electron chi connectivity index (χ1n) is 11.1. The standard InChI is InChI=1S/C25H30N4O2/c1-18(2)9-12-24(30)27-13-15-28(16-14-27)25(31)20-10-11-23-22(17-20)26-19(3)29(23)21-7-5-4-6-8-21/h4-8,10-11,17-18H,9,12-16H2,1-3H3. The molecule has 2 aromatic carbocycles. The van der Waals surface area contributed by atoms with E-state index in [0.29, 0.717) is 44.1 Å². The number of benzene rings is 2. The molecule has 1 aliphatic heterocycles. The average Bonchev–Trinajstić information content (AvgIpc) is 3.12. The van der Waals surface area contributed by atoms with Crippen LogP contribution in [0.4, 0.5) is 0 Å². The van der Waals surface area contributed by atoms with Gasteiger partial charge in [-0.05, 0) is 49.6 Å². The molecular weight excluding hydrogens is 388 g/mol. The summed E-state index contributed by atoms with van der Waals surface area (Å²) in [5.41, 5.74) is 3.50. The summed E-state index contributed by atoms with van der Waals surface area (Å²) in [5, 5.41) is 0. The zero-order valence-electron chi connectivity index (χ0n) is 18.5. The predicted octanol–water partition coefficient (Wildman–Crippen LogP) is 4.05. The van der Waals surface area contributed by atoms with Crippen LogP contribution in [-0.4, -0.2) is 57.3 Å². The molecule has 2 amide bonds. The average molecular weight is 419 g/mol. The van der Waals surface area contributed by atoms with Crippen molar-refractivity contribution >= 4 is 22.8 Å². The minimum atomic E-state index is 0.00286. The van der Waals surface area contributed by atoms with Gasteiger partial charge in [-0.25, -0.2) is 4.98 Å². The molecule has 3 aromatic rings. The van der Waals surface area contributed by atoms with Crippen LogP contribution < -0.4 is 0 Å². The number of piperazine rings is 1. The number of para-hydroxylation sites is 1. The number of nitrogens with zero attached hydrogens (tertiary/aromatic N) is 4. The molecule has 0 aliphatic carbocycles. The molecule has 0 radical (unpaired) electrons. The topological polar surface area (TPSA) is 58.4 Å². The summed E-state index contributed by atoms with van der Waals surface area (Å²) in [4.78, 5) is 33.9. The van der Waals surface area contributed by atoms with Gasteiger partial charge in [-0.1, -0.05) is 32.0 Å². The molecule has 1 saturated heterocycles. The molecular formula is C25H30N4O2. The number of carbonyl (C=O) groups excluding carboxylic acids is 2. The molecule has 1 fully saturated rings. The Morgan fingerprint density at radius 2 is 1.65 bits per heavy atom. The van der Waals surface area contributed by atoms with Crippen molar-refractivity contribution in [1.29, 1.82) is 0 Å². The van der Waals surface area contributed by atoms with E-state index in [0.717, 1.165) is 29.0 Å². The highest BCUT2D eigenvalue weighted by Crippen LogP contribution is 2.23. The van der Waals surface area contributed by atoms with Crippen molar-refractivity contribution in [2.45, 2.75) is 33.6 Å². The summed E-state index contributed by atoms with van der Waals surface area (Å²) in [5.74, 6) is 1.61. The summed E-state index contributed by atoms with van der Waals surface area (Å²) in [6, 6.07) is 15.8. The molecule has 1 aliphatic rings. The minimum Gasteiger partial charge on any atom is -0.339 e. The van der Waals surface area contributed by atoms with Gasteiger partial charge in [0, 0.05) is 43.9 Å². The molecule has 162 valence electrons. The lowest BCUT2D eigenvalue weighted by Crippen LogP contribution is -2.50. The third-order valence-electron chi connectivity index (χ3n) is 5.94. The van der Waals surface area contributed by atoms with Gasteiger partial charge in [0.25, 0.3) is 5.91 Å². The number of hydrogen-bond donors (Lipinski definition) is 0. The lowest BCUT2D eigenvalue weighted by molar-refractivity contribution is -0.132. The summed E-state index contributed by atoms with van der Waals surface area (Å²) in [6.45, 7) is 8.59. The molecule has 0 unspecified atom stereocenters. The summed E-state index contributed by atoms with van der Waals surface area (Å²) >= 11 is 0. The number of carbonyl (C=O) groups is 2. The van der Waals surface area contributed by atoms with Gasteiger partial charge in [-0.2, -0.15) is 0 Å². The van der Waals surface area contributed by atoms with Crippen LogP contribution in [0.2, 0.25) is 0 Å². The number of aryl methyl sites for hydroxylation is 1. The Morgan fingerprint density at radius 3 is 2.32 bits per heavy atom. The number of imidazole rings is 1. The Kier molecular flexibility index (Phi) is 6.07. The smallest absolute Gasteiger partial charge is 0.254 e. The van der Waals surface area contributed by atoms with Crippen molar-refractivity contribution in [2.75, 3.05) is 26.2 Å². The van der Waals surface area contributed by atoms with Gasteiger partial charge in [0.15, 0.2) is 0 Å². The molecule has 6 heteroatoms. The van der Waals surface area contributed by atoms with Crippen LogP contribution in [-0.2, 0) is 4.79 Å². The second-order valence-corrected chi connectivity index (χ2v) is 8.64. The van der Waals surface area contributed by atoms with E-state index < -0.39 is 0 Å². The van der Waals surface area contributed by atoms with Gasteiger partial charge in [0.1, 0.15) is 5.82 Å². The fourth-order valence-electron chi connectivity index (χ4n) is 4.15. The van der Waals surface area contributed by atoms with Gasteiger partial charge in [-0.15, -0.1) is 0 Å². The fourth-order valence-corrected chi connectivity index (χ4v) is 4.15. The maximum absolute atomic E-state index is 13.1. The first kappa shape index (κ1) is 21.1. The molecule has 4 rings (SSSR count). The van der Waals surface area contributed by atoms with Gasteiger partial charge in [0.05, 0.1) is 11.0 Å². The Hall–Kier alpha value is -3.15. The third-order valence-corrected chi connectivity index (χ3v) is 5.94. The van der Waals surface area contributed by atoms with E-state index in [1.165, 1.54) is 0 Å². The predicted molar refractivity (Wildman–Crippen MR) is 122 cm³/mol. The van der Waals surface area contributed by atoms with Crippen molar-refractivity contribution in [3.63, 3.8) is 0 Å². The Balaban J connectivity index is 1.46. The van der Waals surface area contributed by atoms with Crippen LogP contribution in [0.25, 0.3) is 16.7 Å². The highest BCUT2D eigenvalue weighted by Gasteiger charge is 2.25. The van der Waals surface area contributed by atoms with Crippen molar-refractivity contribution in [3.05, 3.63) is 59.9 Å². The molecule has 0 bridgehead atoms. The molecule has 31 heavy (non-hydrogen) atoms. The lowest BCUT2D eigenvalue weighted by atomic mass is 10.1. The third kappa shape index (κ3) is 4.48. The van der Waals surface area contributed by atoms with Crippen LogP contribution >= 0.6 is 0 Å². The molecule has 2 heterocycles. The van der Waals surface area contributed by atoms with Crippen molar-refractivity contribution in [3.8, 4) is 5.69 Å². The number of fused-ring (bicyclic) bond motifs is 1.